The number of sulfonamides is 1. The van der Waals surface area contributed by atoms with Crippen molar-refractivity contribution in [1.82, 2.24) is 14.5 Å². The van der Waals surface area contributed by atoms with Crippen LogP contribution in [0.15, 0.2) is 23.1 Å². The maximum atomic E-state index is 12.8. The van der Waals surface area contributed by atoms with Gasteiger partial charge < -0.3 is 15.0 Å². The molecule has 0 saturated carbocycles. The lowest BCUT2D eigenvalue weighted by molar-refractivity contribution is -0.386. The molecule has 0 aliphatic carbocycles. The van der Waals surface area contributed by atoms with Crippen molar-refractivity contribution in [2.45, 2.75) is 11.3 Å². The van der Waals surface area contributed by atoms with E-state index in [0.29, 0.717) is 26.1 Å². The van der Waals surface area contributed by atoms with Crippen molar-refractivity contribution in [3.05, 3.63) is 28.3 Å². The van der Waals surface area contributed by atoms with Crippen molar-refractivity contribution in [1.29, 1.82) is 0 Å². The Morgan fingerprint density at radius 1 is 1.30 bits per heavy atom. The number of nitrogens with zero attached hydrogens (tertiary/aromatic N) is 3. The Balaban J connectivity index is 0.00000364. The van der Waals surface area contributed by atoms with E-state index in [-0.39, 0.29) is 42.0 Å². The molecule has 0 bridgehead atoms. The molecule has 0 unspecified atom stereocenters. The second kappa shape index (κ2) is 9.83. The van der Waals surface area contributed by atoms with E-state index in [0.717, 1.165) is 6.07 Å². The van der Waals surface area contributed by atoms with E-state index in [1.54, 1.807) is 11.9 Å². The Morgan fingerprint density at radius 2 is 1.93 bits per heavy atom. The molecule has 1 N–H and O–H groups in total. The third kappa shape index (κ3) is 5.28. The Morgan fingerprint density at radius 3 is 2.44 bits per heavy atom. The molecule has 152 valence electrons. The minimum atomic E-state index is -3.89. The predicted molar refractivity (Wildman–Crippen MR) is 101 cm³/mol. The van der Waals surface area contributed by atoms with Gasteiger partial charge in [0, 0.05) is 45.2 Å². The fraction of sp³-hybridized carbons (Fsp3) is 0.533. The summed E-state index contributed by atoms with van der Waals surface area (Å²) in [6, 6.07) is 3.55. The number of hydrogen-bond donors (Lipinski definition) is 1. The monoisotopic (exact) mass is 422 g/mol. The largest absolute Gasteiger partial charge is 0.490 e. The highest BCUT2D eigenvalue weighted by Gasteiger charge is 2.31. The number of amides is 1. The van der Waals surface area contributed by atoms with Crippen molar-refractivity contribution in [3.63, 3.8) is 0 Å². The molecule has 1 saturated heterocycles. The standard InChI is InChI=1S/C15H22N4O6S.ClH/c1-16-6-5-15(20)17-7-9-18(10-8-17)26(23,24)12-3-4-14(25-2)13(11-12)19(21)22;/h3-4,11,16H,5-10H2,1-2H3;1H. The molecule has 1 fully saturated rings. The molecule has 0 atom stereocenters. The number of nitrogens with one attached hydrogen (secondary N) is 1. The number of benzene rings is 1. The number of piperazine rings is 1. The summed E-state index contributed by atoms with van der Waals surface area (Å²) in [4.78, 5) is 23.9. The van der Waals surface area contributed by atoms with Gasteiger partial charge in [-0.15, -0.1) is 12.4 Å². The maximum Gasteiger partial charge on any atom is 0.312 e. The Hall–Kier alpha value is -1.95. The van der Waals surface area contributed by atoms with Crippen LogP contribution in [0.4, 0.5) is 5.69 Å². The van der Waals surface area contributed by atoms with Gasteiger partial charge in [0.1, 0.15) is 0 Å². The lowest BCUT2D eigenvalue weighted by atomic mass is 10.3. The van der Waals surface area contributed by atoms with E-state index < -0.39 is 20.6 Å². The van der Waals surface area contributed by atoms with Crippen LogP contribution in [0, 0.1) is 10.1 Å². The normalized spacial score (nSPS) is 15.1. The van der Waals surface area contributed by atoms with E-state index >= 15 is 0 Å². The van der Waals surface area contributed by atoms with Crippen LogP contribution in [-0.2, 0) is 14.8 Å². The molecule has 1 aromatic carbocycles. The third-order valence-corrected chi connectivity index (χ3v) is 6.06. The minimum Gasteiger partial charge on any atom is -0.490 e. The zero-order chi connectivity index (χ0) is 19.3. The molecule has 12 heteroatoms. The summed E-state index contributed by atoms with van der Waals surface area (Å²) in [5.41, 5.74) is -0.408. The van der Waals surface area contributed by atoms with Gasteiger partial charge in [-0.05, 0) is 19.2 Å². The van der Waals surface area contributed by atoms with Crippen LogP contribution >= 0.6 is 12.4 Å². The molecular weight excluding hydrogens is 400 g/mol. The van der Waals surface area contributed by atoms with Gasteiger partial charge in [0.2, 0.25) is 15.9 Å². The lowest BCUT2D eigenvalue weighted by Crippen LogP contribution is -2.50. The second-order valence-corrected chi connectivity index (χ2v) is 7.67. The number of carbonyl (C=O) groups excluding carboxylic acids is 1. The van der Waals surface area contributed by atoms with E-state index in [1.165, 1.54) is 23.5 Å². The summed E-state index contributed by atoms with van der Waals surface area (Å²) in [6.45, 7) is 1.44. The van der Waals surface area contributed by atoms with Crippen LogP contribution in [0.2, 0.25) is 0 Å². The predicted octanol–water partition coefficient (Wildman–Crippen LogP) is 0.468. The summed E-state index contributed by atoms with van der Waals surface area (Å²) < 4.78 is 31.6. The molecular formula is C15H23ClN4O6S. The first-order valence-corrected chi connectivity index (χ1v) is 9.50. The number of halogens is 1. The third-order valence-electron chi connectivity index (χ3n) is 4.16. The number of methoxy groups -OCH3 is 1. The molecule has 2 rings (SSSR count). The fourth-order valence-corrected chi connectivity index (χ4v) is 4.13. The fourth-order valence-electron chi connectivity index (χ4n) is 2.69. The van der Waals surface area contributed by atoms with Gasteiger partial charge in [-0.3, -0.25) is 14.9 Å². The Kier molecular flexibility index (Phi) is 8.41. The highest BCUT2D eigenvalue weighted by atomic mass is 35.5. The average molecular weight is 423 g/mol. The molecule has 27 heavy (non-hydrogen) atoms. The quantitative estimate of drug-likeness (QED) is 0.500. The Labute approximate surface area is 164 Å². The van der Waals surface area contributed by atoms with Crippen LogP contribution in [0.5, 0.6) is 5.75 Å². The van der Waals surface area contributed by atoms with Crippen LogP contribution in [0.25, 0.3) is 0 Å². The van der Waals surface area contributed by atoms with Crippen molar-refractivity contribution >= 4 is 34.0 Å². The summed E-state index contributed by atoms with van der Waals surface area (Å²) in [5, 5.41) is 14.0. The molecule has 0 radical (unpaired) electrons. The highest BCUT2D eigenvalue weighted by molar-refractivity contribution is 7.89. The molecule has 1 heterocycles. The first-order valence-electron chi connectivity index (χ1n) is 8.06. The molecule has 1 amide bonds. The van der Waals surface area contributed by atoms with Crippen molar-refractivity contribution in [2.75, 3.05) is 46.9 Å². The van der Waals surface area contributed by atoms with Crippen LogP contribution in [0.1, 0.15) is 6.42 Å². The smallest absolute Gasteiger partial charge is 0.312 e. The van der Waals surface area contributed by atoms with Gasteiger partial charge >= 0.3 is 5.69 Å². The van der Waals surface area contributed by atoms with Gasteiger partial charge in [-0.2, -0.15) is 4.31 Å². The minimum absolute atomic E-state index is 0. The summed E-state index contributed by atoms with van der Waals surface area (Å²) >= 11 is 0. The average Bonchev–Trinajstić information content (AvgIpc) is 2.65. The molecule has 1 aliphatic heterocycles. The molecule has 1 aliphatic rings. The zero-order valence-corrected chi connectivity index (χ0v) is 16.7. The maximum absolute atomic E-state index is 12.8. The van der Waals surface area contributed by atoms with E-state index in [9.17, 15) is 23.3 Å². The van der Waals surface area contributed by atoms with Crippen LogP contribution < -0.4 is 10.1 Å². The molecule has 0 spiro atoms. The summed E-state index contributed by atoms with van der Waals surface area (Å²) in [7, 11) is -0.852. The van der Waals surface area contributed by atoms with Crippen LogP contribution in [0.3, 0.4) is 0 Å². The number of nitro benzene ring substituents is 1. The van der Waals surface area contributed by atoms with Gasteiger partial charge in [0.25, 0.3) is 0 Å². The molecule has 1 aromatic rings. The topological polar surface area (TPSA) is 122 Å². The van der Waals surface area contributed by atoms with Crippen molar-refractivity contribution in [2.24, 2.45) is 0 Å². The van der Waals surface area contributed by atoms with Gasteiger partial charge in [0.15, 0.2) is 5.75 Å². The molecule has 10 nitrogen and oxygen atoms in total. The number of rotatable bonds is 7. The van der Waals surface area contributed by atoms with E-state index in [1.807, 2.05) is 0 Å². The van der Waals surface area contributed by atoms with Gasteiger partial charge in [-0.25, -0.2) is 8.42 Å². The Bertz CT molecular complexity index is 781. The highest BCUT2D eigenvalue weighted by Crippen LogP contribution is 2.30. The van der Waals surface area contributed by atoms with Gasteiger partial charge in [-0.1, -0.05) is 0 Å². The number of ether oxygens (including phenoxy) is 1. The van der Waals surface area contributed by atoms with Crippen molar-refractivity contribution in [3.8, 4) is 5.75 Å². The summed E-state index contributed by atoms with van der Waals surface area (Å²) in [6.07, 6.45) is 0.355. The van der Waals surface area contributed by atoms with Crippen LogP contribution in [-0.4, -0.2) is 75.3 Å². The second-order valence-electron chi connectivity index (χ2n) is 5.73. The van der Waals surface area contributed by atoms with Gasteiger partial charge in [0.05, 0.1) is 16.9 Å². The number of hydrogen-bond acceptors (Lipinski definition) is 7. The van der Waals surface area contributed by atoms with Crippen molar-refractivity contribution < 1.29 is 22.9 Å². The zero-order valence-electron chi connectivity index (χ0n) is 15.1. The number of nitro groups is 1. The SMILES string of the molecule is CNCCC(=O)N1CCN(S(=O)(=O)c2ccc(OC)c([N+](=O)[O-])c2)CC1.Cl. The summed E-state index contributed by atoms with van der Waals surface area (Å²) in [5.74, 6) is -0.0367. The molecule has 0 aromatic heterocycles. The number of carbonyl (C=O) groups is 1. The van der Waals surface area contributed by atoms with E-state index in [4.69, 9.17) is 4.74 Å². The first kappa shape index (κ1) is 23.1. The lowest BCUT2D eigenvalue weighted by Gasteiger charge is -2.34. The first-order chi connectivity index (χ1) is 12.3. The van der Waals surface area contributed by atoms with E-state index in [2.05, 4.69) is 5.32 Å².